The number of methoxy groups -OCH3 is 1. The number of aliphatic hydroxyl groups is 1. The number of hydrogen-bond acceptors (Lipinski definition) is 2. The second kappa shape index (κ2) is 5.48. The molecular formula is C12H12BrF5O2. The van der Waals surface area contributed by atoms with Gasteiger partial charge in [0.15, 0.2) is 6.10 Å². The lowest BCUT2D eigenvalue weighted by atomic mass is 9.95. The van der Waals surface area contributed by atoms with Crippen LogP contribution < -0.4 is 4.74 Å². The number of ether oxygens (including phenoxy) is 1. The van der Waals surface area contributed by atoms with Crippen LogP contribution in [0.4, 0.5) is 22.0 Å². The summed E-state index contributed by atoms with van der Waals surface area (Å²) in [6.07, 6.45) is -8.91. The number of aliphatic hydroxyl groups excluding tert-OH is 1. The van der Waals surface area contributed by atoms with Crippen molar-refractivity contribution in [2.24, 2.45) is 0 Å². The van der Waals surface area contributed by atoms with Gasteiger partial charge in [0.05, 0.1) is 7.11 Å². The molecule has 0 saturated carbocycles. The Morgan fingerprint density at radius 3 is 2.10 bits per heavy atom. The van der Waals surface area contributed by atoms with E-state index in [1.807, 2.05) is 0 Å². The highest BCUT2D eigenvalue weighted by atomic mass is 79.9. The molecule has 1 aromatic carbocycles. The largest absolute Gasteiger partial charge is 0.496 e. The lowest BCUT2D eigenvalue weighted by molar-refractivity contribution is -0.315. The molecule has 0 saturated heterocycles. The molecule has 0 fully saturated rings. The highest BCUT2D eigenvalue weighted by Crippen LogP contribution is 2.48. The maximum atomic E-state index is 13.3. The molecule has 0 spiro atoms. The summed E-state index contributed by atoms with van der Waals surface area (Å²) in [5, 5.41) is 9.55. The van der Waals surface area contributed by atoms with E-state index in [2.05, 4.69) is 15.9 Å². The van der Waals surface area contributed by atoms with Gasteiger partial charge in [-0.25, -0.2) is 0 Å². The topological polar surface area (TPSA) is 29.5 Å². The van der Waals surface area contributed by atoms with Crippen molar-refractivity contribution in [1.82, 2.24) is 0 Å². The Morgan fingerprint density at radius 1 is 1.20 bits per heavy atom. The van der Waals surface area contributed by atoms with Gasteiger partial charge in [0.25, 0.3) is 0 Å². The predicted octanol–water partition coefficient (Wildman–Crippen LogP) is 4.31. The molecule has 0 aromatic heterocycles. The van der Waals surface area contributed by atoms with E-state index < -0.39 is 23.8 Å². The number of rotatable bonds is 3. The summed E-state index contributed by atoms with van der Waals surface area (Å²) in [6, 6.07) is 1.51. The fourth-order valence-corrected chi connectivity index (χ4v) is 2.37. The van der Waals surface area contributed by atoms with Crippen molar-refractivity contribution >= 4 is 15.9 Å². The molecule has 0 aliphatic carbocycles. The van der Waals surface area contributed by atoms with Crippen LogP contribution in [0, 0.1) is 13.8 Å². The van der Waals surface area contributed by atoms with Crippen LogP contribution in [0.1, 0.15) is 22.8 Å². The Hall–Kier alpha value is -0.890. The lowest BCUT2D eigenvalue weighted by Crippen LogP contribution is -2.42. The maximum Gasteiger partial charge on any atom is 0.456 e. The molecule has 1 rings (SSSR count). The summed E-state index contributed by atoms with van der Waals surface area (Å²) in [5.41, 5.74) is -0.192. The summed E-state index contributed by atoms with van der Waals surface area (Å²) in [6.45, 7) is 2.79. The van der Waals surface area contributed by atoms with Crippen LogP contribution in [0.5, 0.6) is 5.75 Å². The summed E-state index contributed by atoms with van der Waals surface area (Å²) >= 11 is 3.05. The minimum atomic E-state index is -5.86. The van der Waals surface area contributed by atoms with E-state index >= 15 is 0 Å². The Morgan fingerprint density at radius 2 is 1.70 bits per heavy atom. The first-order chi connectivity index (χ1) is 8.95. The van der Waals surface area contributed by atoms with Crippen molar-refractivity contribution in [3.05, 3.63) is 27.2 Å². The lowest BCUT2D eigenvalue weighted by Gasteiger charge is -2.28. The molecule has 20 heavy (non-hydrogen) atoms. The molecule has 1 aromatic rings. The Labute approximate surface area is 120 Å². The van der Waals surface area contributed by atoms with E-state index in [1.165, 1.54) is 19.9 Å². The summed E-state index contributed by atoms with van der Waals surface area (Å²) in [5.74, 6) is -5.47. The van der Waals surface area contributed by atoms with Gasteiger partial charge < -0.3 is 9.84 Å². The molecule has 1 N–H and O–H groups in total. The second-order valence-corrected chi connectivity index (χ2v) is 5.12. The zero-order chi connectivity index (χ0) is 15.9. The van der Waals surface area contributed by atoms with E-state index in [1.54, 1.807) is 0 Å². The van der Waals surface area contributed by atoms with E-state index in [0.29, 0.717) is 10.0 Å². The predicted molar refractivity (Wildman–Crippen MR) is 66.1 cm³/mol. The van der Waals surface area contributed by atoms with Crippen LogP contribution in [0.25, 0.3) is 0 Å². The standard InChI is InChI=1S/C12H12BrF5O2/c1-5-4-7(13)6(2)8(9(5)20-3)10(19)11(14,15)12(16,17)18/h4,10,19H,1-3H3. The number of hydrogen-bond donors (Lipinski definition) is 1. The fraction of sp³-hybridized carbons (Fsp3) is 0.500. The van der Waals surface area contributed by atoms with Gasteiger partial charge in [-0.2, -0.15) is 22.0 Å². The quantitative estimate of drug-likeness (QED) is 0.812. The normalized spacial score (nSPS) is 14.3. The SMILES string of the molecule is COc1c(C)cc(Br)c(C)c1C(O)C(F)(F)C(F)(F)F. The van der Waals surface area contributed by atoms with Crippen molar-refractivity contribution in [3.8, 4) is 5.75 Å². The van der Waals surface area contributed by atoms with E-state index in [-0.39, 0.29) is 11.3 Å². The van der Waals surface area contributed by atoms with Gasteiger partial charge >= 0.3 is 12.1 Å². The second-order valence-electron chi connectivity index (χ2n) is 4.27. The van der Waals surface area contributed by atoms with Gasteiger partial charge in [-0.15, -0.1) is 0 Å². The highest BCUT2D eigenvalue weighted by molar-refractivity contribution is 9.10. The van der Waals surface area contributed by atoms with Gasteiger partial charge in [-0.1, -0.05) is 15.9 Å². The molecule has 8 heteroatoms. The van der Waals surface area contributed by atoms with Crippen molar-refractivity contribution in [2.45, 2.75) is 32.1 Å². The van der Waals surface area contributed by atoms with Crippen LogP contribution >= 0.6 is 15.9 Å². The third kappa shape index (κ3) is 2.76. The molecule has 0 aliphatic rings. The first-order valence-corrected chi connectivity index (χ1v) is 6.20. The van der Waals surface area contributed by atoms with Crippen LogP contribution in [-0.4, -0.2) is 24.3 Å². The first-order valence-electron chi connectivity index (χ1n) is 5.41. The van der Waals surface area contributed by atoms with E-state index in [9.17, 15) is 27.1 Å². The van der Waals surface area contributed by atoms with Crippen LogP contribution in [-0.2, 0) is 0 Å². The number of alkyl halides is 5. The van der Waals surface area contributed by atoms with E-state index in [0.717, 1.165) is 7.11 Å². The minimum absolute atomic E-state index is 0.0591. The monoisotopic (exact) mass is 362 g/mol. The molecule has 114 valence electrons. The van der Waals surface area contributed by atoms with Crippen molar-refractivity contribution in [1.29, 1.82) is 0 Å². The first kappa shape index (κ1) is 17.2. The summed E-state index contributed by atoms with van der Waals surface area (Å²) in [7, 11) is 1.14. The van der Waals surface area contributed by atoms with Crippen LogP contribution in [0.2, 0.25) is 0 Å². The summed E-state index contributed by atoms with van der Waals surface area (Å²) < 4.78 is 68.9. The molecule has 0 heterocycles. The Bertz CT molecular complexity index is 514. The number of aryl methyl sites for hydroxylation is 1. The third-order valence-electron chi connectivity index (χ3n) is 2.91. The summed E-state index contributed by atoms with van der Waals surface area (Å²) in [4.78, 5) is 0. The zero-order valence-corrected chi connectivity index (χ0v) is 12.4. The average molecular weight is 363 g/mol. The molecule has 0 bridgehead atoms. The molecule has 0 radical (unpaired) electrons. The minimum Gasteiger partial charge on any atom is -0.496 e. The molecule has 0 amide bonds. The maximum absolute atomic E-state index is 13.3. The van der Waals surface area contributed by atoms with Gasteiger partial charge in [0.2, 0.25) is 0 Å². The Kier molecular flexibility index (Phi) is 4.70. The fourth-order valence-electron chi connectivity index (χ4n) is 1.81. The van der Waals surface area contributed by atoms with Crippen LogP contribution in [0.3, 0.4) is 0 Å². The molecule has 1 atom stereocenters. The van der Waals surface area contributed by atoms with Crippen molar-refractivity contribution < 1.29 is 31.8 Å². The van der Waals surface area contributed by atoms with Gasteiger partial charge in [0.1, 0.15) is 5.75 Å². The Balaban J connectivity index is 3.54. The molecular weight excluding hydrogens is 351 g/mol. The smallest absolute Gasteiger partial charge is 0.456 e. The molecule has 1 unspecified atom stereocenters. The van der Waals surface area contributed by atoms with E-state index in [4.69, 9.17) is 4.74 Å². The van der Waals surface area contributed by atoms with Crippen molar-refractivity contribution in [2.75, 3.05) is 7.11 Å². The number of halogens is 6. The third-order valence-corrected chi connectivity index (χ3v) is 3.73. The zero-order valence-electron chi connectivity index (χ0n) is 10.8. The average Bonchev–Trinajstić information content (AvgIpc) is 2.31. The highest BCUT2D eigenvalue weighted by Gasteiger charge is 2.63. The van der Waals surface area contributed by atoms with Gasteiger partial charge in [0, 0.05) is 10.0 Å². The van der Waals surface area contributed by atoms with Gasteiger partial charge in [-0.05, 0) is 31.0 Å². The van der Waals surface area contributed by atoms with Crippen molar-refractivity contribution in [3.63, 3.8) is 0 Å². The number of benzene rings is 1. The van der Waals surface area contributed by atoms with Gasteiger partial charge in [-0.3, -0.25) is 0 Å². The molecule has 2 nitrogen and oxygen atoms in total. The van der Waals surface area contributed by atoms with Crippen LogP contribution in [0.15, 0.2) is 10.5 Å². The molecule has 0 aliphatic heterocycles.